The number of carbonyl (C=O) groups is 13. The molecule has 79 heavy (non-hydrogen) atoms. The van der Waals surface area contributed by atoms with E-state index in [0.29, 0.717) is 12.0 Å². The van der Waals surface area contributed by atoms with Crippen LogP contribution in [0.25, 0.3) is 0 Å². The van der Waals surface area contributed by atoms with Gasteiger partial charge in [0.05, 0.1) is 30.8 Å². The molecule has 1 aliphatic heterocycles. The molecule has 0 aromatic heterocycles. The largest absolute Gasteiger partial charge is 0.508 e. The van der Waals surface area contributed by atoms with Gasteiger partial charge in [-0.25, -0.2) is 0 Å². The van der Waals surface area contributed by atoms with Crippen LogP contribution in [0.3, 0.4) is 0 Å². The van der Waals surface area contributed by atoms with E-state index >= 15 is 0 Å². The maximum absolute atomic E-state index is 14.4. The van der Waals surface area contributed by atoms with Crippen LogP contribution in [0, 0.1) is 11.8 Å². The zero-order valence-electron chi connectivity index (χ0n) is 45.3. The van der Waals surface area contributed by atoms with E-state index in [9.17, 15) is 67.4 Å². The average molecular weight is 1150 g/mol. The average Bonchev–Trinajstić information content (AvgIpc) is 3.88. The number of phenolic OH excluding ortho intramolecular Hbond substituents is 1. The first-order valence-electron chi connectivity index (χ1n) is 25.6. The summed E-state index contributed by atoms with van der Waals surface area (Å²) in [5.74, 6) is -11.3. The molecule has 0 aliphatic carbocycles. The molecule has 1 saturated heterocycles. The molecule has 18 N–H and O–H groups in total. The molecule has 1 aliphatic rings. The van der Waals surface area contributed by atoms with Crippen molar-refractivity contribution in [2.24, 2.45) is 34.8 Å². The lowest BCUT2D eigenvalue weighted by Crippen LogP contribution is -2.61. The molecule has 1 heterocycles. The predicted molar refractivity (Wildman–Crippen MR) is 292 cm³/mol. The molecule has 2 rings (SSSR count). The summed E-state index contributed by atoms with van der Waals surface area (Å²) in [5.41, 5.74) is 22.8. The van der Waals surface area contributed by atoms with Crippen LogP contribution in [0.5, 0.6) is 5.75 Å². The fourth-order valence-electron chi connectivity index (χ4n) is 7.77. The number of hydrogen-bond donors (Lipinski definition) is 14. The van der Waals surface area contributed by atoms with Crippen molar-refractivity contribution in [3.63, 3.8) is 0 Å². The molecule has 1 aromatic rings. The second kappa shape index (κ2) is 34.6. The highest BCUT2D eigenvalue weighted by atomic mass is 32.2. The zero-order valence-corrected chi connectivity index (χ0v) is 46.9. The number of rotatable bonds is 35. The summed E-state index contributed by atoms with van der Waals surface area (Å²) in [4.78, 5) is 171. The number of aromatic hydroxyl groups is 1. The van der Waals surface area contributed by atoms with E-state index in [4.69, 9.17) is 22.9 Å². The summed E-state index contributed by atoms with van der Waals surface area (Å²) >= 11 is 2.16. The van der Waals surface area contributed by atoms with Crippen molar-refractivity contribution in [3.05, 3.63) is 29.8 Å². The van der Waals surface area contributed by atoms with Gasteiger partial charge in [0.25, 0.3) is 0 Å². The molecule has 13 amide bonds. The summed E-state index contributed by atoms with van der Waals surface area (Å²) in [7, 11) is 0. The number of likely N-dealkylation sites (tertiary alicyclic amines) is 1. The highest BCUT2D eigenvalue weighted by Crippen LogP contribution is 2.21. The van der Waals surface area contributed by atoms with E-state index in [-0.39, 0.29) is 73.1 Å². The van der Waals surface area contributed by atoms with Crippen molar-refractivity contribution in [1.29, 1.82) is 0 Å². The fraction of sp³-hybridized carbons (Fsp3) is 0.612. The predicted octanol–water partition coefficient (Wildman–Crippen LogP) is -4.35. The zero-order chi connectivity index (χ0) is 59.5. The van der Waals surface area contributed by atoms with Crippen LogP contribution in [0.4, 0.5) is 0 Å². The van der Waals surface area contributed by atoms with E-state index in [1.165, 1.54) is 43.0 Å². The maximum Gasteiger partial charge on any atom is 0.246 e. The molecule has 1 unspecified atom stereocenters. The fourth-order valence-corrected chi connectivity index (χ4v) is 9.49. The van der Waals surface area contributed by atoms with Crippen LogP contribution in [0.1, 0.15) is 92.1 Å². The number of nitrogens with one attached hydrogen (secondary N) is 9. The first-order chi connectivity index (χ1) is 37.1. The van der Waals surface area contributed by atoms with Crippen LogP contribution in [-0.2, 0) is 68.7 Å². The lowest BCUT2D eigenvalue weighted by atomic mass is 9.96. The second-order valence-corrected chi connectivity index (χ2v) is 21.4. The van der Waals surface area contributed by atoms with E-state index in [1.54, 1.807) is 27.7 Å². The van der Waals surface area contributed by atoms with Crippen molar-refractivity contribution >= 4 is 100 Å². The van der Waals surface area contributed by atoms with E-state index in [1.807, 2.05) is 0 Å². The van der Waals surface area contributed by atoms with Gasteiger partial charge in [-0.3, -0.25) is 62.3 Å². The van der Waals surface area contributed by atoms with Crippen molar-refractivity contribution in [2.45, 2.75) is 141 Å². The number of nitrogens with zero attached hydrogens (tertiary/aromatic N) is 1. The lowest BCUT2D eigenvalue weighted by Gasteiger charge is -2.31. The van der Waals surface area contributed by atoms with Gasteiger partial charge in [-0.15, -0.1) is 23.5 Å². The first-order valence-corrected chi connectivity index (χ1v) is 27.9. The lowest BCUT2D eigenvalue weighted by molar-refractivity contribution is -0.142. The van der Waals surface area contributed by atoms with Crippen LogP contribution >= 0.6 is 23.5 Å². The quantitative estimate of drug-likeness (QED) is 0.0226. The Labute approximate surface area is 466 Å². The SMILES string of the molecule is CCC(C)[C@H](NC(=O)[C@H](Cc1ccc(O)cc1)NC(=O)[C@@H](N)CSCNC(C)=O)C(=O)N[C@@H](CCC(N)=O)C(=O)N[C@@H](CC(N)=O)C(=O)N[C@@H](CSCNC(C)=O)C(=O)N1CCC[C@H]1C(=O)N[C@@H](CC(C)C)C(=O)NCC(N)=O. The number of nitrogens with two attached hydrogens (primary N) is 4. The molecule has 440 valence electrons. The molecule has 0 saturated carbocycles. The summed E-state index contributed by atoms with van der Waals surface area (Å²) < 4.78 is 0. The minimum absolute atomic E-state index is 0.0276. The number of primary amides is 3. The Morgan fingerprint density at radius 3 is 1.76 bits per heavy atom. The molecule has 1 aromatic carbocycles. The first kappa shape index (κ1) is 67.9. The normalized spacial score (nSPS) is 15.9. The van der Waals surface area contributed by atoms with Gasteiger partial charge >= 0.3 is 0 Å². The topological polar surface area (TPSA) is 458 Å². The summed E-state index contributed by atoms with van der Waals surface area (Å²) in [6.07, 6.45) is -1.00. The third-order valence-corrected chi connectivity index (χ3v) is 14.0. The minimum Gasteiger partial charge on any atom is -0.508 e. The smallest absolute Gasteiger partial charge is 0.246 e. The van der Waals surface area contributed by atoms with Crippen LogP contribution in [0.15, 0.2) is 24.3 Å². The molecule has 30 heteroatoms. The Hall–Kier alpha value is -7.21. The number of thioether (sulfide) groups is 2. The third kappa shape index (κ3) is 25.4. The third-order valence-electron chi connectivity index (χ3n) is 12.1. The van der Waals surface area contributed by atoms with Crippen molar-refractivity contribution in [1.82, 2.24) is 52.8 Å². The van der Waals surface area contributed by atoms with Gasteiger partial charge < -0.3 is 80.8 Å². The molecular weight excluding hydrogens is 1070 g/mol. The van der Waals surface area contributed by atoms with Crippen LogP contribution in [-0.4, -0.2) is 171 Å². The van der Waals surface area contributed by atoms with Crippen molar-refractivity contribution < 1.29 is 67.4 Å². The number of phenols is 1. The number of amides is 13. The standard InChI is InChI=1S/C49H78N14O14S2/c1-7-26(4)41(62-46(74)34(18-29-10-12-30(66)13-11-29)58-42(70)31(50)21-78-23-55-27(5)64)48(76)57-32(14-15-38(51)67)44(72)59-35(19-39(52)68)45(73)61-36(22-79-24-56-28(6)65)49(77)63-16-8-9-37(63)47(75)60-33(17-25(2)3)43(71)54-20-40(53)69/h10-13,25-26,31-37,41,66H,7-9,14-24,50H2,1-6H3,(H2,51,67)(H2,52,68)(H2,53,69)(H,54,71)(H,55,64)(H,56,65)(H,57,76)(H,58,70)(H,59,72)(H,60,75)(H,61,73)(H,62,74)/t26?,31-,32-,33-,34-,35-,36-,37-,41-/m0/s1. The van der Waals surface area contributed by atoms with Crippen LogP contribution in [0.2, 0.25) is 0 Å². The van der Waals surface area contributed by atoms with Crippen molar-refractivity contribution in [3.8, 4) is 5.75 Å². The molecular formula is C49H78N14O14S2. The molecule has 28 nitrogen and oxygen atoms in total. The highest BCUT2D eigenvalue weighted by molar-refractivity contribution is 7.99. The molecule has 0 bridgehead atoms. The summed E-state index contributed by atoms with van der Waals surface area (Å²) in [6.45, 7) is 9.07. The van der Waals surface area contributed by atoms with Gasteiger partial charge in [-0.2, -0.15) is 0 Å². The number of hydrogen-bond acceptors (Lipinski definition) is 17. The van der Waals surface area contributed by atoms with E-state index < -0.39 is 151 Å². The molecule has 1 fully saturated rings. The monoisotopic (exact) mass is 1150 g/mol. The van der Waals surface area contributed by atoms with Gasteiger partial charge in [0.15, 0.2) is 0 Å². The van der Waals surface area contributed by atoms with Gasteiger partial charge in [0.1, 0.15) is 48.0 Å². The maximum atomic E-state index is 14.4. The summed E-state index contributed by atoms with van der Waals surface area (Å²) in [5, 5.41) is 32.7. The van der Waals surface area contributed by atoms with E-state index in [0.717, 1.165) is 23.5 Å². The van der Waals surface area contributed by atoms with Crippen molar-refractivity contribution in [2.75, 3.05) is 36.3 Å². The Morgan fingerprint density at radius 1 is 0.646 bits per heavy atom. The molecule has 0 radical (unpaired) electrons. The van der Waals surface area contributed by atoms with Gasteiger partial charge in [0.2, 0.25) is 76.8 Å². The Kier molecular flexibility index (Phi) is 29.8. The number of carbonyl (C=O) groups excluding carboxylic acids is 13. The highest BCUT2D eigenvalue weighted by Gasteiger charge is 2.41. The molecule has 9 atom stereocenters. The van der Waals surface area contributed by atoms with Gasteiger partial charge in [-0.05, 0) is 55.2 Å². The Bertz CT molecular complexity index is 2330. The van der Waals surface area contributed by atoms with Crippen LogP contribution < -0.4 is 70.8 Å². The Balaban J connectivity index is 2.46. The van der Waals surface area contributed by atoms with E-state index in [2.05, 4.69) is 47.9 Å². The minimum atomic E-state index is -1.83. The molecule has 0 spiro atoms. The van der Waals surface area contributed by atoms with Gasteiger partial charge in [-0.1, -0.05) is 46.2 Å². The summed E-state index contributed by atoms with van der Waals surface area (Å²) in [6, 6.07) is -5.36. The second-order valence-electron chi connectivity index (χ2n) is 19.3. The number of benzene rings is 1. The van der Waals surface area contributed by atoms with Gasteiger partial charge in [0, 0.05) is 44.7 Å². The Morgan fingerprint density at radius 2 is 1.20 bits per heavy atom.